The lowest BCUT2D eigenvalue weighted by Gasteiger charge is -2.11. The van der Waals surface area contributed by atoms with Crippen molar-refractivity contribution in [2.24, 2.45) is 0 Å². The number of unbranched alkanes of at least 4 members (excludes halogenated alkanes) is 14. The van der Waals surface area contributed by atoms with Crippen LogP contribution in [0.1, 0.15) is 201 Å². The molecular weight excluding hydrogens is 1540 g/mol. The maximum atomic E-state index is 13.5. The number of esters is 6. The molecule has 0 aliphatic heterocycles. The SMILES string of the molecule is CCn1c(-c2cccc(-c3nc4cc(OC(=O)c5ccc(C(=O)OCCCCCCCCCCOc6ccc(C(=O)Oc7ccc(-c8ccc(C#N)cc8)cc7C)cc6)cc5)ccc4n3CC)n2)nc2cc(OC(=O)c3ccc(C(=O)OCCCCCCCCCCOc4ccc(C(=O)Oc5ccc(-c6ccc(C#N)cc6)cc5C)cc4)cc3)ccc21. The van der Waals surface area contributed by atoms with Crippen molar-refractivity contribution in [2.45, 2.75) is 144 Å². The average molecular weight is 1630 g/mol. The summed E-state index contributed by atoms with van der Waals surface area (Å²) < 4.78 is 50.2. The van der Waals surface area contributed by atoms with Crippen LogP contribution < -0.4 is 28.4 Å². The highest BCUT2D eigenvalue weighted by atomic mass is 16.6. The van der Waals surface area contributed by atoms with Gasteiger partial charge in [-0.25, -0.2) is 43.7 Å². The van der Waals surface area contributed by atoms with Crippen LogP contribution in [0.4, 0.5) is 0 Å². The normalized spacial score (nSPS) is 11.0. The summed E-state index contributed by atoms with van der Waals surface area (Å²) in [4.78, 5) is 93.9. The van der Waals surface area contributed by atoms with Crippen LogP contribution in [0, 0.1) is 36.5 Å². The van der Waals surface area contributed by atoms with Gasteiger partial charge in [0.05, 0.1) is 105 Å². The van der Waals surface area contributed by atoms with Gasteiger partial charge in [-0.3, -0.25) is 0 Å². The van der Waals surface area contributed by atoms with E-state index in [0.29, 0.717) is 141 Å². The number of pyridine rings is 1. The summed E-state index contributed by atoms with van der Waals surface area (Å²) >= 11 is 0. The molecule has 0 atom stereocenters. The minimum Gasteiger partial charge on any atom is -0.494 e. The molecule has 0 N–H and O–H groups in total. The largest absolute Gasteiger partial charge is 0.494 e. The Balaban J connectivity index is 0.479. The molecule has 21 nitrogen and oxygen atoms in total. The lowest BCUT2D eigenvalue weighted by molar-refractivity contribution is 0.0488. The number of nitrogens with zero attached hydrogens (tertiary/aromatic N) is 7. The lowest BCUT2D eigenvalue weighted by atomic mass is 10.0. The number of benzene rings is 10. The fourth-order valence-electron chi connectivity index (χ4n) is 14.3. The van der Waals surface area contributed by atoms with E-state index in [1.807, 2.05) is 116 Å². The van der Waals surface area contributed by atoms with Gasteiger partial charge in [0.1, 0.15) is 45.9 Å². The van der Waals surface area contributed by atoms with Gasteiger partial charge in [0.15, 0.2) is 11.6 Å². The molecule has 0 bridgehead atoms. The number of ether oxygens (including phenoxy) is 8. The first-order chi connectivity index (χ1) is 59.6. The predicted molar refractivity (Wildman–Crippen MR) is 467 cm³/mol. The number of nitriles is 2. The van der Waals surface area contributed by atoms with E-state index in [1.54, 1.807) is 158 Å². The Labute approximate surface area is 709 Å². The molecule has 13 aromatic rings. The number of imidazole rings is 2. The fraction of sp³-hybridized carbons (Fsp3) is 0.257. The molecule has 21 heteroatoms. The number of aryl methyl sites for hydroxylation is 4. The molecule has 0 unspecified atom stereocenters. The summed E-state index contributed by atoms with van der Waals surface area (Å²) in [5, 5.41) is 18.2. The molecule has 618 valence electrons. The maximum absolute atomic E-state index is 13.5. The van der Waals surface area contributed by atoms with Crippen LogP contribution in [0.5, 0.6) is 34.5 Å². The van der Waals surface area contributed by atoms with Crippen LogP contribution in [0.25, 0.3) is 67.4 Å². The molecule has 0 fully saturated rings. The number of hydrogen-bond acceptors (Lipinski definition) is 19. The zero-order valence-electron chi connectivity index (χ0n) is 68.9. The minimum absolute atomic E-state index is 0.263. The van der Waals surface area contributed by atoms with E-state index < -0.39 is 35.8 Å². The molecule has 3 aromatic heterocycles. The second-order valence-electron chi connectivity index (χ2n) is 29.8. The van der Waals surface area contributed by atoms with Gasteiger partial charge in [0.25, 0.3) is 0 Å². The Morgan fingerprint density at radius 1 is 0.311 bits per heavy atom. The molecule has 0 aliphatic rings. The van der Waals surface area contributed by atoms with Gasteiger partial charge in [-0.05, 0) is 269 Å². The molecule has 122 heavy (non-hydrogen) atoms. The molecule has 0 spiro atoms. The van der Waals surface area contributed by atoms with Gasteiger partial charge in [-0.2, -0.15) is 10.5 Å². The Bertz CT molecular complexity index is 5570. The van der Waals surface area contributed by atoms with Crippen LogP contribution in [-0.4, -0.2) is 86.3 Å². The van der Waals surface area contributed by atoms with Crippen molar-refractivity contribution in [1.29, 1.82) is 10.5 Å². The van der Waals surface area contributed by atoms with Gasteiger partial charge < -0.3 is 47.0 Å². The number of aromatic nitrogens is 5. The maximum Gasteiger partial charge on any atom is 0.343 e. The predicted octanol–water partition coefficient (Wildman–Crippen LogP) is 22.4. The third-order valence-corrected chi connectivity index (χ3v) is 21.1. The summed E-state index contributed by atoms with van der Waals surface area (Å²) in [5.74, 6) is 1.14. The Hall–Kier alpha value is -14.3. The van der Waals surface area contributed by atoms with Crippen LogP contribution in [0.2, 0.25) is 0 Å². The highest BCUT2D eigenvalue weighted by Crippen LogP contribution is 2.34. The summed E-state index contributed by atoms with van der Waals surface area (Å²) in [5.41, 5.74) is 12.8. The molecule has 0 saturated carbocycles. The van der Waals surface area contributed by atoms with Gasteiger partial charge in [-0.15, -0.1) is 0 Å². The van der Waals surface area contributed by atoms with Crippen molar-refractivity contribution in [3.8, 4) is 91.9 Å². The summed E-state index contributed by atoms with van der Waals surface area (Å²) in [6.45, 7) is 10.7. The average Bonchev–Trinajstić information content (AvgIpc) is 1.63. The van der Waals surface area contributed by atoms with Crippen molar-refractivity contribution < 1.29 is 66.7 Å². The quantitative estimate of drug-likeness (QED) is 0.0196. The van der Waals surface area contributed by atoms with E-state index in [1.165, 1.54) is 0 Å². The highest BCUT2D eigenvalue weighted by Gasteiger charge is 2.23. The van der Waals surface area contributed by atoms with Crippen molar-refractivity contribution in [3.05, 3.63) is 292 Å². The monoisotopic (exact) mass is 1630 g/mol. The molecule has 0 radical (unpaired) electrons. The summed E-state index contributed by atoms with van der Waals surface area (Å²) in [7, 11) is 0. The highest BCUT2D eigenvalue weighted by molar-refractivity contribution is 5.97. The van der Waals surface area contributed by atoms with Crippen molar-refractivity contribution >= 4 is 57.9 Å². The Morgan fingerprint density at radius 3 is 0.951 bits per heavy atom. The topological polar surface area (TPSA) is 272 Å². The van der Waals surface area contributed by atoms with Crippen molar-refractivity contribution in [3.63, 3.8) is 0 Å². The zero-order chi connectivity index (χ0) is 85.1. The number of hydrogen-bond donors (Lipinski definition) is 0. The first-order valence-corrected chi connectivity index (χ1v) is 41.7. The van der Waals surface area contributed by atoms with E-state index in [4.69, 9.17) is 63.4 Å². The second-order valence-corrected chi connectivity index (χ2v) is 29.8. The van der Waals surface area contributed by atoms with Crippen LogP contribution in [-0.2, 0) is 22.6 Å². The van der Waals surface area contributed by atoms with Crippen LogP contribution in [0.15, 0.2) is 237 Å². The molecule has 3 heterocycles. The van der Waals surface area contributed by atoms with Crippen molar-refractivity contribution in [1.82, 2.24) is 24.1 Å². The van der Waals surface area contributed by atoms with E-state index >= 15 is 0 Å². The molecule has 10 aromatic carbocycles. The second kappa shape index (κ2) is 42.4. The van der Waals surface area contributed by atoms with Gasteiger partial charge in [0.2, 0.25) is 0 Å². The number of carbonyl (C=O) groups excluding carboxylic acids is 6. The molecule has 13 rings (SSSR count). The van der Waals surface area contributed by atoms with Crippen LogP contribution in [0.3, 0.4) is 0 Å². The molecule has 0 saturated heterocycles. The number of rotatable bonds is 40. The fourth-order valence-corrected chi connectivity index (χ4v) is 14.3. The smallest absolute Gasteiger partial charge is 0.343 e. The molecular formula is C101H95N7O14. The lowest BCUT2D eigenvalue weighted by Crippen LogP contribution is -2.10. The first kappa shape index (κ1) is 85.6. The van der Waals surface area contributed by atoms with Crippen LogP contribution >= 0.6 is 0 Å². The number of carbonyl (C=O) groups is 6. The first-order valence-electron chi connectivity index (χ1n) is 41.7. The van der Waals surface area contributed by atoms with E-state index in [0.717, 1.165) is 147 Å². The van der Waals surface area contributed by atoms with Gasteiger partial charge in [0, 0.05) is 25.2 Å². The van der Waals surface area contributed by atoms with E-state index in [9.17, 15) is 28.8 Å². The Kier molecular flexibility index (Phi) is 29.7. The Morgan fingerprint density at radius 2 is 0.615 bits per heavy atom. The van der Waals surface area contributed by atoms with Gasteiger partial charge in [-0.1, -0.05) is 120 Å². The van der Waals surface area contributed by atoms with Crippen molar-refractivity contribution in [2.75, 3.05) is 26.4 Å². The summed E-state index contributed by atoms with van der Waals surface area (Å²) in [6.07, 6.45) is 15.9. The van der Waals surface area contributed by atoms with E-state index in [2.05, 4.69) is 12.1 Å². The molecule has 0 aliphatic carbocycles. The summed E-state index contributed by atoms with van der Waals surface area (Å²) in [6, 6.07) is 72.8. The minimum atomic E-state index is -0.597. The van der Waals surface area contributed by atoms with E-state index in [-0.39, 0.29) is 11.1 Å². The van der Waals surface area contributed by atoms with Gasteiger partial charge >= 0.3 is 35.8 Å². The third kappa shape index (κ3) is 22.7. The molecule has 0 amide bonds. The number of fused-ring (bicyclic) bond motifs is 2. The zero-order valence-corrected chi connectivity index (χ0v) is 68.9. The third-order valence-electron chi connectivity index (χ3n) is 21.1. The standard InChI is InChI=1S/C101H95N7O14/c1-5-107-90-54-52-84(119-98(111)76-38-34-74(35-39-76)96(109)117-60-21-17-13-9-7-11-15-19-58-115-82-48-42-78(43-49-82)100(113)121-92-56-46-80(62-68(92)3)72-30-26-70(66-102)27-31-72)64-88(90)105-94(107)86-24-23-25-87(104-86)95-106-89-65-85(53-55-91(89)108(95)6-2)120-99(112)77-40-36-75(37-41-77)97(110)118-61-22-18-14-10-8-12-16-20-59-116-83-50-44-79(45-51-83)101(114)122-93-57-47-81(63-69(93)4)73-32-28-71(67-103)29-33-73/h23-57,62-65H,5-22,58-61H2,1-4H3.